The first kappa shape index (κ1) is 22.3. The molecule has 0 spiro atoms. The molecule has 0 fully saturated rings. The molecule has 134 valence electrons. The molecule has 2 unspecified atom stereocenters. The Balaban J connectivity index is 5.06. The summed E-state index contributed by atoms with van der Waals surface area (Å²) in [5.74, 6) is 2.52. The highest BCUT2D eigenvalue weighted by molar-refractivity contribution is 6.80. The van der Waals surface area contributed by atoms with Gasteiger partial charge in [0, 0.05) is 0 Å². The average Bonchev–Trinajstić information content (AvgIpc) is 2.55. The molecular formula is C14H16Cl2O8. The predicted molar refractivity (Wildman–Crippen MR) is 81.2 cm³/mol. The molecule has 0 heterocycles. The van der Waals surface area contributed by atoms with Crippen molar-refractivity contribution in [2.45, 2.75) is 51.7 Å². The molecule has 2 atom stereocenters. The zero-order valence-electron chi connectivity index (χ0n) is 13.4. The van der Waals surface area contributed by atoms with Crippen LogP contribution in [0.1, 0.15) is 40.5 Å². The van der Waals surface area contributed by atoms with Crippen LogP contribution in [0, 0.1) is 11.8 Å². The lowest BCUT2D eigenvalue weighted by Gasteiger charge is -2.22. The van der Waals surface area contributed by atoms with Crippen LogP contribution in [-0.4, -0.2) is 33.6 Å². The zero-order valence-corrected chi connectivity index (χ0v) is 14.9. The van der Waals surface area contributed by atoms with Gasteiger partial charge < -0.3 is 0 Å². The Morgan fingerprint density at radius 3 is 1.29 bits per heavy atom. The largest absolute Gasteiger partial charge is 0.424 e. The third kappa shape index (κ3) is 7.75. The SMILES string of the molecule is CCC(C)(C#CC(C)(CC)OOC(=O)C(=O)Cl)OOC(=O)C(=O)Cl. The third-order valence-electron chi connectivity index (χ3n) is 2.86. The first-order valence-corrected chi connectivity index (χ1v) is 7.47. The summed E-state index contributed by atoms with van der Waals surface area (Å²) in [7, 11) is 0. The summed E-state index contributed by atoms with van der Waals surface area (Å²) < 4.78 is 0. The molecule has 0 amide bonds. The Morgan fingerprint density at radius 2 is 1.08 bits per heavy atom. The predicted octanol–water partition coefficient (Wildman–Crippen LogP) is 1.81. The van der Waals surface area contributed by atoms with E-state index in [2.05, 4.69) is 21.6 Å². The smallest absolute Gasteiger partial charge is 0.286 e. The standard InChI is InChI=1S/C14H16Cl2O8/c1-5-13(3,23-21-11(19)9(15)17)7-8-14(4,6-2)24-22-12(20)10(16)18/h5-6H2,1-4H3. The van der Waals surface area contributed by atoms with Gasteiger partial charge in [-0.2, -0.15) is 9.78 Å². The van der Waals surface area contributed by atoms with Crippen molar-refractivity contribution in [3.63, 3.8) is 0 Å². The van der Waals surface area contributed by atoms with E-state index < -0.39 is 33.6 Å². The molecular weight excluding hydrogens is 367 g/mol. The van der Waals surface area contributed by atoms with E-state index in [9.17, 15) is 19.2 Å². The Hall–Kier alpha value is -1.66. The van der Waals surface area contributed by atoms with Gasteiger partial charge in [0.15, 0.2) is 11.2 Å². The molecule has 0 aromatic heterocycles. The zero-order chi connectivity index (χ0) is 19.0. The molecule has 0 rings (SSSR count). The highest BCUT2D eigenvalue weighted by Crippen LogP contribution is 2.19. The van der Waals surface area contributed by atoms with Gasteiger partial charge in [0.1, 0.15) is 0 Å². The van der Waals surface area contributed by atoms with Gasteiger partial charge in [0.25, 0.3) is 0 Å². The van der Waals surface area contributed by atoms with Crippen LogP contribution in [0.3, 0.4) is 0 Å². The number of rotatable bonds is 8. The molecule has 0 aliphatic heterocycles. The topological polar surface area (TPSA) is 105 Å². The fourth-order valence-corrected chi connectivity index (χ4v) is 0.989. The Morgan fingerprint density at radius 1 is 0.792 bits per heavy atom. The lowest BCUT2D eigenvalue weighted by Crippen LogP contribution is -2.32. The molecule has 0 saturated heterocycles. The first-order chi connectivity index (χ1) is 11.0. The Labute approximate surface area is 148 Å². The maximum absolute atomic E-state index is 11.0. The van der Waals surface area contributed by atoms with Gasteiger partial charge in [-0.25, -0.2) is 9.59 Å². The molecule has 0 aromatic rings. The number of carbonyl (C=O) groups is 4. The number of halogens is 2. The van der Waals surface area contributed by atoms with Crippen LogP contribution in [-0.2, 0) is 38.7 Å². The van der Waals surface area contributed by atoms with Crippen molar-refractivity contribution in [3.05, 3.63) is 0 Å². The molecule has 0 radical (unpaired) electrons. The monoisotopic (exact) mass is 382 g/mol. The van der Waals surface area contributed by atoms with E-state index in [0.29, 0.717) is 0 Å². The minimum absolute atomic E-state index is 0.267. The van der Waals surface area contributed by atoms with Gasteiger partial charge in [-0.05, 0) is 49.9 Å². The Kier molecular flexibility index (Phi) is 8.93. The van der Waals surface area contributed by atoms with Crippen LogP contribution >= 0.6 is 23.2 Å². The van der Waals surface area contributed by atoms with Gasteiger partial charge >= 0.3 is 22.4 Å². The Bertz CT molecular complexity index is 531. The van der Waals surface area contributed by atoms with E-state index in [-0.39, 0.29) is 12.8 Å². The summed E-state index contributed by atoms with van der Waals surface area (Å²) in [6.07, 6.45) is 0.535. The van der Waals surface area contributed by atoms with Crippen LogP contribution in [0.25, 0.3) is 0 Å². The van der Waals surface area contributed by atoms with E-state index in [1.807, 2.05) is 0 Å². The van der Waals surface area contributed by atoms with Gasteiger partial charge in [-0.3, -0.25) is 19.4 Å². The summed E-state index contributed by atoms with van der Waals surface area (Å²) in [5, 5.41) is -2.69. The van der Waals surface area contributed by atoms with Crippen LogP contribution in [0.4, 0.5) is 0 Å². The normalized spacial score (nSPS) is 15.1. The fourth-order valence-electron chi connectivity index (χ4n) is 0.926. The molecule has 0 saturated carbocycles. The maximum Gasteiger partial charge on any atom is 0.424 e. The lowest BCUT2D eigenvalue weighted by atomic mass is 9.99. The summed E-state index contributed by atoms with van der Waals surface area (Å²) >= 11 is 9.87. The number of carbonyl (C=O) groups excluding carboxylic acids is 4. The van der Waals surface area contributed by atoms with E-state index in [4.69, 9.17) is 33.0 Å². The van der Waals surface area contributed by atoms with Gasteiger partial charge in [0.05, 0.1) is 0 Å². The van der Waals surface area contributed by atoms with Gasteiger partial charge in [0.2, 0.25) is 0 Å². The van der Waals surface area contributed by atoms with Crippen molar-refractivity contribution in [2.24, 2.45) is 0 Å². The molecule has 24 heavy (non-hydrogen) atoms. The molecule has 10 heteroatoms. The van der Waals surface area contributed by atoms with E-state index in [1.54, 1.807) is 13.8 Å². The van der Waals surface area contributed by atoms with Crippen LogP contribution in [0.15, 0.2) is 0 Å². The summed E-state index contributed by atoms with van der Waals surface area (Å²) in [6.45, 7) is 6.33. The average molecular weight is 383 g/mol. The van der Waals surface area contributed by atoms with Gasteiger partial charge in [-0.1, -0.05) is 25.7 Å². The lowest BCUT2D eigenvalue weighted by molar-refractivity contribution is -0.314. The van der Waals surface area contributed by atoms with E-state index >= 15 is 0 Å². The molecule has 0 aliphatic rings. The summed E-state index contributed by atoms with van der Waals surface area (Å²) in [4.78, 5) is 61.4. The minimum atomic E-state index is -1.39. The second-order valence-corrected chi connectivity index (χ2v) is 5.56. The molecule has 0 N–H and O–H groups in total. The third-order valence-corrected chi connectivity index (χ3v) is 3.17. The second kappa shape index (κ2) is 9.59. The molecule has 0 aromatic carbocycles. The fraction of sp³-hybridized carbons (Fsp3) is 0.571. The summed E-state index contributed by atoms with van der Waals surface area (Å²) in [5.41, 5.74) is -2.57. The van der Waals surface area contributed by atoms with Crippen molar-refractivity contribution in [1.29, 1.82) is 0 Å². The van der Waals surface area contributed by atoms with Crippen molar-refractivity contribution in [1.82, 2.24) is 0 Å². The first-order valence-electron chi connectivity index (χ1n) is 6.72. The number of hydrogen-bond donors (Lipinski definition) is 0. The van der Waals surface area contributed by atoms with E-state index in [0.717, 1.165) is 0 Å². The maximum atomic E-state index is 11.0. The van der Waals surface area contributed by atoms with Crippen molar-refractivity contribution in [2.75, 3.05) is 0 Å². The quantitative estimate of drug-likeness (QED) is 0.205. The second-order valence-electron chi connectivity index (χ2n) is 4.87. The highest BCUT2D eigenvalue weighted by atomic mass is 35.5. The van der Waals surface area contributed by atoms with Crippen LogP contribution in [0.5, 0.6) is 0 Å². The molecule has 0 aliphatic carbocycles. The molecule has 8 nitrogen and oxygen atoms in total. The number of hydrogen-bond acceptors (Lipinski definition) is 8. The van der Waals surface area contributed by atoms with E-state index in [1.165, 1.54) is 13.8 Å². The van der Waals surface area contributed by atoms with Crippen molar-refractivity contribution >= 4 is 45.6 Å². The van der Waals surface area contributed by atoms with Gasteiger partial charge in [-0.15, -0.1) is 0 Å². The van der Waals surface area contributed by atoms with Crippen LogP contribution in [0.2, 0.25) is 0 Å². The minimum Gasteiger partial charge on any atom is -0.286 e. The van der Waals surface area contributed by atoms with Crippen molar-refractivity contribution < 1.29 is 38.7 Å². The van der Waals surface area contributed by atoms with Crippen molar-refractivity contribution in [3.8, 4) is 11.8 Å². The van der Waals surface area contributed by atoms with Crippen LogP contribution < -0.4 is 0 Å². The highest BCUT2D eigenvalue weighted by Gasteiger charge is 2.29. The summed E-state index contributed by atoms with van der Waals surface area (Å²) in [6, 6.07) is 0. The molecule has 0 bridgehead atoms.